The summed E-state index contributed by atoms with van der Waals surface area (Å²) in [6.45, 7) is 1.81. The van der Waals surface area contributed by atoms with Crippen LogP contribution < -0.4 is 15.4 Å². The van der Waals surface area contributed by atoms with Gasteiger partial charge < -0.3 is 15.4 Å². The Morgan fingerprint density at radius 3 is 2.29 bits per heavy atom. The summed E-state index contributed by atoms with van der Waals surface area (Å²) in [5.41, 5.74) is 12.7. The maximum atomic E-state index is 13.6. The summed E-state index contributed by atoms with van der Waals surface area (Å²) in [4.78, 5) is 25.0. The fourth-order valence-corrected chi connectivity index (χ4v) is 5.39. The van der Waals surface area contributed by atoms with Gasteiger partial charge in [-0.15, -0.1) is 0 Å². The molecule has 35 heavy (non-hydrogen) atoms. The van der Waals surface area contributed by atoms with Crippen LogP contribution in [0.1, 0.15) is 40.2 Å². The number of fused-ring (bicyclic) bond motifs is 3. The van der Waals surface area contributed by atoms with Crippen molar-refractivity contribution in [2.24, 2.45) is 0 Å². The van der Waals surface area contributed by atoms with Gasteiger partial charge in [0, 0.05) is 35.5 Å². The molecule has 174 valence electrons. The highest BCUT2D eigenvalue weighted by Gasteiger charge is 2.36. The lowest BCUT2D eigenvalue weighted by atomic mass is 9.89. The van der Waals surface area contributed by atoms with Crippen LogP contribution in [0.2, 0.25) is 0 Å². The molecule has 4 aromatic rings. The molecule has 0 spiro atoms. The molecule has 1 saturated heterocycles. The van der Waals surface area contributed by atoms with E-state index in [2.05, 4.69) is 33.1 Å². The number of ether oxygens (including phenoxy) is 1. The van der Waals surface area contributed by atoms with E-state index >= 15 is 0 Å². The van der Waals surface area contributed by atoms with Crippen molar-refractivity contribution in [3.8, 4) is 28.3 Å². The SMILES string of the molecule is COc1ccc(C2CCN(c3cccc4c3-c3nc(N)nc(-c5ccccc5)c3C4=O)CC2)cc1. The first-order valence-corrected chi connectivity index (χ1v) is 11.9. The van der Waals surface area contributed by atoms with Crippen LogP contribution in [-0.4, -0.2) is 36.0 Å². The zero-order chi connectivity index (χ0) is 23.9. The maximum absolute atomic E-state index is 13.6. The summed E-state index contributed by atoms with van der Waals surface area (Å²) in [6.07, 6.45) is 2.08. The van der Waals surface area contributed by atoms with Crippen LogP contribution in [0, 0.1) is 0 Å². The Morgan fingerprint density at radius 1 is 0.857 bits per heavy atom. The molecule has 0 amide bonds. The predicted octanol–water partition coefficient (Wildman–Crippen LogP) is 5.33. The van der Waals surface area contributed by atoms with Crippen molar-refractivity contribution < 1.29 is 9.53 Å². The lowest BCUT2D eigenvalue weighted by Gasteiger charge is -2.35. The molecule has 6 nitrogen and oxygen atoms in total. The summed E-state index contributed by atoms with van der Waals surface area (Å²) in [7, 11) is 1.69. The number of hydrogen-bond donors (Lipinski definition) is 1. The normalized spacial score (nSPS) is 15.1. The number of benzene rings is 3. The lowest BCUT2D eigenvalue weighted by Crippen LogP contribution is -2.33. The van der Waals surface area contributed by atoms with E-state index in [1.54, 1.807) is 7.11 Å². The summed E-state index contributed by atoms with van der Waals surface area (Å²) in [6, 6.07) is 24.0. The first-order valence-electron chi connectivity index (χ1n) is 11.9. The summed E-state index contributed by atoms with van der Waals surface area (Å²) in [5, 5.41) is 0. The van der Waals surface area contributed by atoms with Crippen LogP contribution in [0.25, 0.3) is 22.5 Å². The van der Waals surface area contributed by atoms with E-state index in [1.807, 2.05) is 54.6 Å². The molecular weight excluding hydrogens is 436 g/mol. The standard InChI is InChI=1S/C29H26N4O2/c1-35-21-12-10-18(11-13-21)19-14-16-33(17-15-19)23-9-5-8-22-24(23)27-25(28(22)34)26(31-29(30)32-27)20-6-3-2-4-7-20/h2-13,19H,14-17H2,1H3,(H2,30,31,32). The van der Waals surface area contributed by atoms with Gasteiger partial charge in [0.1, 0.15) is 5.75 Å². The van der Waals surface area contributed by atoms with Gasteiger partial charge in [0.05, 0.1) is 24.1 Å². The van der Waals surface area contributed by atoms with Crippen LogP contribution in [-0.2, 0) is 0 Å². The molecule has 2 N–H and O–H groups in total. The molecule has 0 radical (unpaired) electrons. The van der Waals surface area contributed by atoms with Gasteiger partial charge in [-0.3, -0.25) is 4.79 Å². The second-order valence-corrected chi connectivity index (χ2v) is 9.08. The third-order valence-electron chi connectivity index (χ3n) is 7.15. The average molecular weight is 463 g/mol. The highest BCUT2D eigenvalue weighted by molar-refractivity contribution is 6.25. The molecule has 1 aromatic heterocycles. The Hall–Kier alpha value is -4.19. The van der Waals surface area contributed by atoms with Gasteiger partial charge in [-0.1, -0.05) is 54.6 Å². The van der Waals surface area contributed by atoms with Gasteiger partial charge in [-0.25, -0.2) is 9.97 Å². The molecule has 0 atom stereocenters. The van der Waals surface area contributed by atoms with Gasteiger partial charge in [0.2, 0.25) is 5.95 Å². The van der Waals surface area contributed by atoms with Gasteiger partial charge >= 0.3 is 0 Å². The first kappa shape index (κ1) is 21.4. The minimum Gasteiger partial charge on any atom is -0.497 e. The molecule has 0 saturated carbocycles. The van der Waals surface area contributed by atoms with Crippen molar-refractivity contribution >= 4 is 17.4 Å². The van der Waals surface area contributed by atoms with E-state index in [0.29, 0.717) is 28.4 Å². The van der Waals surface area contributed by atoms with Crippen LogP contribution in [0.4, 0.5) is 11.6 Å². The lowest BCUT2D eigenvalue weighted by molar-refractivity contribution is 0.104. The van der Waals surface area contributed by atoms with Crippen molar-refractivity contribution in [1.82, 2.24) is 9.97 Å². The zero-order valence-corrected chi connectivity index (χ0v) is 19.6. The maximum Gasteiger partial charge on any atom is 0.221 e. The minimum absolute atomic E-state index is 0.0381. The summed E-state index contributed by atoms with van der Waals surface area (Å²) >= 11 is 0. The molecule has 1 aliphatic heterocycles. The van der Waals surface area contributed by atoms with Gasteiger partial charge in [0.25, 0.3) is 0 Å². The summed E-state index contributed by atoms with van der Waals surface area (Å²) < 4.78 is 5.30. The van der Waals surface area contributed by atoms with E-state index in [0.717, 1.165) is 48.5 Å². The number of ketones is 1. The third-order valence-corrected chi connectivity index (χ3v) is 7.15. The highest BCUT2D eigenvalue weighted by Crippen LogP contribution is 2.46. The van der Waals surface area contributed by atoms with Crippen molar-refractivity contribution in [2.75, 3.05) is 30.8 Å². The van der Waals surface area contributed by atoms with Crippen molar-refractivity contribution in [1.29, 1.82) is 0 Å². The van der Waals surface area contributed by atoms with E-state index in [9.17, 15) is 4.79 Å². The smallest absolute Gasteiger partial charge is 0.221 e. The average Bonchev–Trinajstić information content (AvgIpc) is 3.20. The van der Waals surface area contributed by atoms with E-state index in [4.69, 9.17) is 10.5 Å². The Labute approximate surface area is 204 Å². The molecule has 1 fully saturated rings. The number of carbonyl (C=O) groups is 1. The predicted molar refractivity (Wildman–Crippen MR) is 138 cm³/mol. The molecule has 6 rings (SSSR count). The van der Waals surface area contributed by atoms with E-state index in [-0.39, 0.29) is 11.7 Å². The number of piperidine rings is 1. The second-order valence-electron chi connectivity index (χ2n) is 9.08. The topological polar surface area (TPSA) is 81.3 Å². The third kappa shape index (κ3) is 3.62. The fourth-order valence-electron chi connectivity index (χ4n) is 5.39. The first-order chi connectivity index (χ1) is 17.1. The van der Waals surface area contributed by atoms with Crippen molar-refractivity contribution in [3.05, 3.63) is 89.5 Å². The highest BCUT2D eigenvalue weighted by atomic mass is 16.5. The molecule has 6 heteroatoms. The molecule has 0 unspecified atom stereocenters. The minimum atomic E-state index is -0.0381. The Morgan fingerprint density at radius 2 is 1.57 bits per heavy atom. The van der Waals surface area contributed by atoms with E-state index < -0.39 is 0 Å². The number of rotatable bonds is 4. The monoisotopic (exact) mass is 462 g/mol. The van der Waals surface area contributed by atoms with E-state index in [1.165, 1.54) is 5.56 Å². The molecule has 1 aliphatic carbocycles. The van der Waals surface area contributed by atoms with Crippen LogP contribution in [0.15, 0.2) is 72.8 Å². The molecule has 2 aliphatic rings. The molecular formula is C29H26N4O2. The number of carbonyl (C=O) groups excluding carboxylic acids is 1. The molecule has 2 heterocycles. The number of aromatic nitrogens is 2. The molecule has 3 aromatic carbocycles. The number of nitrogens with two attached hydrogens (primary N) is 1. The van der Waals surface area contributed by atoms with Crippen LogP contribution >= 0.6 is 0 Å². The summed E-state index contributed by atoms with van der Waals surface area (Å²) in [5.74, 6) is 1.52. The Balaban J connectivity index is 1.35. The largest absolute Gasteiger partial charge is 0.497 e. The number of nitrogen functional groups attached to an aromatic ring is 1. The van der Waals surface area contributed by atoms with Crippen LogP contribution in [0.3, 0.4) is 0 Å². The molecule has 0 bridgehead atoms. The Bertz CT molecular complexity index is 1410. The van der Waals surface area contributed by atoms with Crippen molar-refractivity contribution in [2.45, 2.75) is 18.8 Å². The zero-order valence-electron chi connectivity index (χ0n) is 19.6. The number of anilines is 2. The van der Waals surface area contributed by atoms with Crippen LogP contribution in [0.5, 0.6) is 5.75 Å². The number of methoxy groups -OCH3 is 1. The number of nitrogens with zero attached hydrogens (tertiary/aromatic N) is 3. The van der Waals surface area contributed by atoms with Gasteiger partial charge in [0.15, 0.2) is 5.78 Å². The number of hydrogen-bond acceptors (Lipinski definition) is 6. The fraction of sp³-hybridized carbons (Fsp3) is 0.207. The van der Waals surface area contributed by atoms with Gasteiger partial charge in [-0.05, 0) is 42.5 Å². The quantitative estimate of drug-likeness (QED) is 0.389. The van der Waals surface area contributed by atoms with Gasteiger partial charge in [-0.2, -0.15) is 0 Å². The van der Waals surface area contributed by atoms with Crippen molar-refractivity contribution in [3.63, 3.8) is 0 Å². The Kier molecular flexibility index (Phi) is 5.21. The second kappa shape index (κ2) is 8.55.